The van der Waals surface area contributed by atoms with Gasteiger partial charge in [0.05, 0.1) is 24.1 Å². The monoisotopic (exact) mass is 375 g/mol. The molecule has 134 valence electrons. The van der Waals surface area contributed by atoms with Crippen LogP contribution in [0, 0.1) is 12.7 Å². The van der Waals surface area contributed by atoms with Gasteiger partial charge in [-0.3, -0.25) is 14.2 Å². The average molecular weight is 376 g/mol. The highest BCUT2D eigenvalue weighted by Crippen LogP contribution is 2.35. The molecule has 0 saturated carbocycles. The fraction of sp³-hybridized carbons (Fsp3) is 0.158. The lowest BCUT2D eigenvalue weighted by atomic mass is 10.1. The van der Waals surface area contributed by atoms with Crippen LogP contribution in [0.15, 0.2) is 36.4 Å². The summed E-state index contributed by atoms with van der Waals surface area (Å²) in [6.07, 6.45) is -0.253. The first kappa shape index (κ1) is 17.9. The second-order valence-electron chi connectivity index (χ2n) is 5.79. The fourth-order valence-electron chi connectivity index (χ4n) is 2.99. The lowest BCUT2D eigenvalue weighted by Crippen LogP contribution is -2.14. The first-order valence-corrected chi connectivity index (χ1v) is 8.10. The van der Waals surface area contributed by atoms with Crippen LogP contribution in [-0.2, 0) is 11.2 Å². The summed E-state index contributed by atoms with van der Waals surface area (Å²) in [7, 11) is 1.46. The van der Waals surface area contributed by atoms with E-state index in [0.29, 0.717) is 32.9 Å². The van der Waals surface area contributed by atoms with Gasteiger partial charge in [0, 0.05) is 16.6 Å². The zero-order chi connectivity index (χ0) is 19.0. The van der Waals surface area contributed by atoms with E-state index in [-0.39, 0.29) is 12.0 Å². The minimum Gasteiger partial charge on any atom is -0.495 e. The first-order valence-electron chi connectivity index (χ1n) is 7.73. The quantitative estimate of drug-likeness (QED) is 0.746. The van der Waals surface area contributed by atoms with E-state index < -0.39 is 17.7 Å². The van der Waals surface area contributed by atoms with Crippen molar-refractivity contribution in [3.05, 3.63) is 64.1 Å². The molecule has 3 aromatic rings. The minimum absolute atomic E-state index is 0.253. The lowest BCUT2D eigenvalue weighted by Gasteiger charge is -2.08. The number of carboxylic acid groups (broad SMARTS) is 1. The van der Waals surface area contributed by atoms with E-state index >= 15 is 0 Å². The molecule has 0 aliphatic heterocycles. The van der Waals surface area contributed by atoms with Crippen LogP contribution in [0.5, 0.6) is 5.75 Å². The van der Waals surface area contributed by atoms with Crippen molar-refractivity contribution < 1.29 is 23.8 Å². The summed E-state index contributed by atoms with van der Waals surface area (Å²) in [5.74, 6) is -1.48. The van der Waals surface area contributed by atoms with Crippen LogP contribution < -0.4 is 4.74 Å². The molecule has 5 nitrogen and oxygen atoms in total. The third-order valence-electron chi connectivity index (χ3n) is 4.23. The Hall–Kier alpha value is -2.86. The van der Waals surface area contributed by atoms with Gasteiger partial charge in [0.15, 0.2) is 0 Å². The van der Waals surface area contributed by atoms with E-state index in [9.17, 15) is 19.1 Å². The predicted molar refractivity (Wildman–Crippen MR) is 95.7 cm³/mol. The van der Waals surface area contributed by atoms with Crippen molar-refractivity contribution in [2.45, 2.75) is 13.3 Å². The molecular formula is C19H15ClFNO4. The number of aliphatic carboxylic acids is 1. The van der Waals surface area contributed by atoms with Crippen LogP contribution in [0.1, 0.15) is 21.6 Å². The summed E-state index contributed by atoms with van der Waals surface area (Å²) in [6, 6.07) is 8.34. The van der Waals surface area contributed by atoms with Crippen molar-refractivity contribution in [3.8, 4) is 5.75 Å². The molecule has 0 fully saturated rings. The van der Waals surface area contributed by atoms with E-state index in [1.165, 1.54) is 35.9 Å². The summed E-state index contributed by atoms with van der Waals surface area (Å²) < 4.78 is 19.8. The van der Waals surface area contributed by atoms with Gasteiger partial charge in [-0.2, -0.15) is 0 Å². The molecule has 0 bridgehead atoms. The minimum atomic E-state index is -1.02. The van der Waals surface area contributed by atoms with Crippen molar-refractivity contribution in [1.82, 2.24) is 4.57 Å². The molecule has 2 aromatic carbocycles. The van der Waals surface area contributed by atoms with Gasteiger partial charge in [-0.1, -0.05) is 11.6 Å². The van der Waals surface area contributed by atoms with Gasteiger partial charge in [0.25, 0.3) is 5.91 Å². The first-order chi connectivity index (χ1) is 12.3. The van der Waals surface area contributed by atoms with Crippen LogP contribution in [0.3, 0.4) is 0 Å². The van der Waals surface area contributed by atoms with Gasteiger partial charge in [-0.15, -0.1) is 0 Å². The zero-order valence-electron chi connectivity index (χ0n) is 14.0. The highest BCUT2D eigenvalue weighted by molar-refractivity contribution is 6.33. The predicted octanol–water partition coefficient (Wildman–Crippen LogP) is 4.07. The molecule has 1 N–H and O–H groups in total. The van der Waals surface area contributed by atoms with Crippen LogP contribution in [0.2, 0.25) is 5.02 Å². The number of ether oxygens (including phenoxy) is 1. The number of benzene rings is 2. The SMILES string of the molecule is COc1cc2c(CC(=O)O)c(C)n(C(=O)c3ccc(F)cc3)c2cc1Cl. The topological polar surface area (TPSA) is 68.5 Å². The van der Waals surface area contributed by atoms with Crippen molar-refractivity contribution in [1.29, 1.82) is 0 Å². The maximum absolute atomic E-state index is 13.2. The number of rotatable bonds is 4. The highest BCUT2D eigenvalue weighted by atomic mass is 35.5. The van der Waals surface area contributed by atoms with Crippen LogP contribution in [-0.4, -0.2) is 28.7 Å². The third-order valence-corrected chi connectivity index (χ3v) is 4.53. The standard InChI is InChI=1S/C19H15ClFNO4/c1-10-13(8-18(23)24)14-7-17(26-2)15(20)9-16(14)22(10)19(25)11-3-5-12(21)6-4-11/h3-7,9H,8H2,1-2H3,(H,23,24). The maximum Gasteiger partial charge on any atom is 0.307 e. The number of hydrogen-bond donors (Lipinski definition) is 1. The highest BCUT2D eigenvalue weighted by Gasteiger charge is 2.23. The average Bonchev–Trinajstić information content (AvgIpc) is 2.85. The van der Waals surface area contributed by atoms with Gasteiger partial charge < -0.3 is 9.84 Å². The summed E-state index contributed by atoms with van der Waals surface area (Å²) in [4.78, 5) is 24.3. The number of carboxylic acids is 1. The summed E-state index contributed by atoms with van der Waals surface area (Å²) in [5.41, 5.74) is 1.73. The number of carbonyl (C=O) groups is 2. The van der Waals surface area contributed by atoms with E-state index in [2.05, 4.69) is 0 Å². The Balaban J connectivity index is 2.28. The molecule has 0 aliphatic carbocycles. The Kier molecular flexibility index (Phi) is 4.70. The molecule has 7 heteroatoms. The third kappa shape index (κ3) is 3.04. The maximum atomic E-state index is 13.2. The van der Waals surface area contributed by atoms with E-state index in [1.807, 2.05) is 0 Å². The van der Waals surface area contributed by atoms with Gasteiger partial charge in [0.1, 0.15) is 11.6 Å². The van der Waals surface area contributed by atoms with Crippen LogP contribution in [0.25, 0.3) is 10.9 Å². The number of halogens is 2. The smallest absolute Gasteiger partial charge is 0.307 e. The molecule has 0 radical (unpaired) electrons. The van der Waals surface area contributed by atoms with Gasteiger partial charge in [-0.25, -0.2) is 4.39 Å². The summed E-state index contributed by atoms with van der Waals surface area (Å²) in [5, 5.41) is 10.1. The van der Waals surface area contributed by atoms with Crippen molar-refractivity contribution in [2.24, 2.45) is 0 Å². The molecule has 0 saturated heterocycles. The molecule has 0 atom stereocenters. The van der Waals surface area contributed by atoms with Gasteiger partial charge in [0.2, 0.25) is 0 Å². The number of aromatic nitrogens is 1. The Morgan fingerprint density at radius 3 is 2.46 bits per heavy atom. The van der Waals surface area contributed by atoms with Crippen molar-refractivity contribution in [2.75, 3.05) is 7.11 Å². The van der Waals surface area contributed by atoms with Crippen LogP contribution >= 0.6 is 11.6 Å². The fourth-order valence-corrected chi connectivity index (χ4v) is 3.23. The molecule has 0 unspecified atom stereocenters. The second kappa shape index (κ2) is 6.80. The summed E-state index contributed by atoms with van der Waals surface area (Å²) in [6.45, 7) is 1.67. The van der Waals surface area contributed by atoms with E-state index in [4.69, 9.17) is 16.3 Å². The van der Waals surface area contributed by atoms with Gasteiger partial charge >= 0.3 is 5.97 Å². The number of hydrogen-bond acceptors (Lipinski definition) is 3. The van der Waals surface area contributed by atoms with Crippen molar-refractivity contribution >= 4 is 34.4 Å². The van der Waals surface area contributed by atoms with Gasteiger partial charge in [-0.05, 0) is 48.9 Å². The Bertz CT molecular complexity index is 1020. The molecule has 1 aromatic heterocycles. The molecule has 0 amide bonds. The van der Waals surface area contributed by atoms with E-state index in [1.54, 1.807) is 19.1 Å². The molecule has 26 heavy (non-hydrogen) atoms. The number of nitrogens with zero attached hydrogens (tertiary/aromatic N) is 1. The molecular weight excluding hydrogens is 361 g/mol. The molecule has 1 heterocycles. The Morgan fingerprint density at radius 2 is 1.88 bits per heavy atom. The number of fused-ring (bicyclic) bond motifs is 1. The Morgan fingerprint density at radius 1 is 1.23 bits per heavy atom. The van der Waals surface area contributed by atoms with Crippen molar-refractivity contribution in [3.63, 3.8) is 0 Å². The number of methoxy groups -OCH3 is 1. The molecule has 0 spiro atoms. The second-order valence-corrected chi connectivity index (χ2v) is 6.19. The van der Waals surface area contributed by atoms with E-state index in [0.717, 1.165) is 0 Å². The normalized spacial score (nSPS) is 10.9. The zero-order valence-corrected chi connectivity index (χ0v) is 14.8. The largest absolute Gasteiger partial charge is 0.495 e. The summed E-state index contributed by atoms with van der Waals surface area (Å²) >= 11 is 6.20. The Labute approximate surface area is 153 Å². The molecule has 0 aliphatic rings. The lowest BCUT2D eigenvalue weighted by molar-refractivity contribution is -0.136. The number of carbonyl (C=O) groups excluding carboxylic acids is 1. The molecule has 3 rings (SSSR count). The van der Waals surface area contributed by atoms with Crippen LogP contribution in [0.4, 0.5) is 4.39 Å².